The van der Waals surface area contributed by atoms with Crippen molar-refractivity contribution in [2.45, 2.75) is 39.2 Å². The minimum atomic E-state index is -0.239. The molecule has 3 aliphatic rings. The molecule has 4 heterocycles. The molecule has 1 saturated heterocycles. The molecule has 212 valence electrons. The number of halogens is 1. The molecule has 2 aromatic rings. The summed E-state index contributed by atoms with van der Waals surface area (Å²) in [4.78, 5) is 22.8. The highest BCUT2D eigenvalue weighted by Crippen LogP contribution is 2.26. The lowest BCUT2D eigenvalue weighted by atomic mass is 9.89. The van der Waals surface area contributed by atoms with E-state index < -0.39 is 0 Å². The monoisotopic (exact) mass is 555 g/mol. The Bertz CT molecular complexity index is 1480. The number of guanidine groups is 1. The second-order valence-electron chi connectivity index (χ2n) is 10.8. The van der Waals surface area contributed by atoms with E-state index in [0.29, 0.717) is 35.4 Å². The highest BCUT2D eigenvalue weighted by molar-refractivity contribution is 6.21. The van der Waals surface area contributed by atoms with Crippen molar-refractivity contribution in [3.05, 3.63) is 70.6 Å². The van der Waals surface area contributed by atoms with Crippen molar-refractivity contribution < 1.29 is 9.71 Å². The summed E-state index contributed by atoms with van der Waals surface area (Å²) in [6, 6.07) is 10.9. The van der Waals surface area contributed by atoms with E-state index in [1.165, 1.54) is 6.07 Å². The normalized spacial score (nSPS) is 20.5. The number of anilines is 1. The van der Waals surface area contributed by atoms with Gasteiger partial charge in [-0.2, -0.15) is 15.2 Å². The van der Waals surface area contributed by atoms with Crippen molar-refractivity contribution in [1.29, 1.82) is 10.7 Å². The molecule has 5 rings (SSSR count). The van der Waals surface area contributed by atoms with E-state index >= 15 is 0 Å². The zero-order valence-corrected chi connectivity index (χ0v) is 23.5. The number of aromatic nitrogens is 1. The van der Waals surface area contributed by atoms with Crippen LogP contribution in [0, 0.1) is 35.4 Å². The van der Waals surface area contributed by atoms with E-state index in [2.05, 4.69) is 37.8 Å². The molecule has 2 unspecified atom stereocenters. The Morgan fingerprint density at radius 3 is 2.85 bits per heavy atom. The van der Waals surface area contributed by atoms with E-state index in [-0.39, 0.29) is 24.2 Å². The molecule has 3 aliphatic heterocycles. The van der Waals surface area contributed by atoms with Crippen molar-refractivity contribution in [1.82, 2.24) is 9.88 Å². The minimum Gasteiger partial charge on any atom is -0.382 e. The van der Waals surface area contributed by atoms with Crippen LogP contribution in [0.5, 0.6) is 0 Å². The van der Waals surface area contributed by atoms with Gasteiger partial charge in [0.25, 0.3) is 0 Å². The first-order valence-electron chi connectivity index (χ1n) is 14.0. The van der Waals surface area contributed by atoms with Crippen LogP contribution in [0.25, 0.3) is 0 Å². The molecule has 2 atom stereocenters. The maximum Gasteiger partial charge on any atom is 0.324 e. The fourth-order valence-electron chi connectivity index (χ4n) is 5.48. The first-order valence-corrected chi connectivity index (χ1v) is 14.0. The summed E-state index contributed by atoms with van der Waals surface area (Å²) in [5, 5.41) is 18.8. The van der Waals surface area contributed by atoms with Gasteiger partial charge >= 0.3 is 5.96 Å². The molecular formula is C30H36FN10+. The van der Waals surface area contributed by atoms with Gasteiger partial charge in [-0.1, -0.05) is 19.1 Å². The fourth-order valence-corrected chi connectivity index (χ4v) is 5.48. The lowest BCUT2D eigenvalue weighted by Gasteiger charge is -2.37. The second kappa shape index (κ2) is 12.5. The topological polar surface area (TPSA) is 147 Å². The van der Waals surface area contributed by atoms with Gasteiger partial charge in [-0.25, -0.2) is 15.1 Å². The van der Waals surface area contributed by atoms with Crippen LogP contribution in [0.3, 0.4) is 0 Å². The van der Waals surface area contributed by atoms with Gasteiger partial charge in [0, 0.05) is 45.0 Å². The summed E-state index contributed by atoms with van der Waals surface area (Å²) in [7, 11) is 0. The lowest BCUT2D eigenvalue weighted by molar-refractivity contribution is -0.489. The SMILES string of the molecule is Cc1cccnc1/C(N)=N/C1=C2C=NC(C(C)CCN3CCN(c4cc(CC#N)ccc4F)CC3)CC2=NC(=N)[NH2+]1. The molecule has 0 radical (unpaired) electrons. The van der Waals surface area contributed by atoms with Crippen LogP contribution < -0.4 is 16.0 Å². The number of hydrogen-bond donors (Lipinski definition) is 3. The molecule has 0 amide bonds. The first kappa shape index (κ1) is 28.3. The van der Waals surface area contributed by atoms with Crippen molar-refractivity contribution in [2.75, 3.05) is 37.6 Å². The number of amidine groups is 1. The van der Waals surface area contributed by atoms with E-state index in [1.54, 1.807) is 23.6 Å². The Balaban J connectivity index is 1.19. The first-order chi connectivity index (χ1) is 19.8. The number of aliphatic imine (C=N–C) groups is 3. The van der Waals surface area contributed by atoms with Gasteiger partial charge in [0.05, 0.1) is 35.5 Å². The van der Waals surface area contributed by atoms with Gasteiger partial charge in [0.1, 0.15) is 11.5 Å². The number of nitriles is 1. The molecule has 0 spiro atoms. The Kier molecular flexibility index (Phi) is 8.61. The van der Waals surface area contributed by atoms with Gasteiger partial charge in [-0.05, 0) is 55.1 Å². The molecule has 0 bridgehead atoms. The van der Waals surface area contributed by atoms with Gasteiger partial charge in [-0.15, -0.1) is 0 Å². The average molecular weight is 556 g/mol. The van der Waals surface area contributed by atoms with Crippen LogP contribution in [-0.2, 0) is 6.42 Å². The number of pyridine rings is 1. The summed E-state index contributed by atoms with van der Waals surface area (Å²) in [5.41, 5.74) is 10.9. The van der Waals surface area contributed by atoms with Crippen molar-refractivity contribution in [2.24, 2.45) is 26.6 Å². The van der Waals surface area contributed by atoms with E-state index in [9.17, 15) is 4.39 Å². The highest BCUT2D eigenvalue weighted by atomic mass is 19.1. The third-order valence-corrected chi connectivity index (χ3v) is 7.97. The number of nitrogens with two attached hydrogens (primary N) is 2. The number of piperazine rings is 1. The van der Waals surface area contributed by atoms with Crippen LogP contribution in [0.15, 0.2) is 62.9 Å². The smallest absolute Gasteiger partial charge is 0.324 e. The van der Waals surface area contributed by atoms with Gasteiger partial charge in [-0.3, -0.25) is 14.9 Å². The lowest BCUT2D eigenvalue weighted by Crippen LogP contribution is -2.87. The Morgan fingerprint density at radius 2 is 2.10 bits per heavy atom. The largest absolute Gasteiger partial charge is 0.382 e. The Hall–Kier alpha value is -4.27. The predicted molar refractivity (Wildman–Crippen MR) is 159 cm³/mol. The van der Waals surface area contributed by atoms with Crippen molar-refractivity contribution in [3.8, 4) is 6.07 Å². The number of quaternary nitrogens is 1. The number of hydrogen-bond acceptors (Lipinski definition) is 7. The van der Waals surface area contributed by atoms with Crippen LogP contribution in [0.1, 0.15) is 36.6 Å². The average Bonchev–Trinajstić information content (AvgIpc) is 2.97. The number of benzene rings is 1. The molecule has 1 aromatic heterocycles. The predicted octanol–water partition coefficient (Wildman–Crippen LogP) is 2.16. The molecule has 1 fully saturated rings. The quantitative estimate of drug-likeness (QED) is 0.337. The molecule has 11 heteroatoms. The molecule has 10 nitrogen and oxygen atoms in total. The number of rotatable bonds is 8. The third kappa shape index (κ3) is 6.56. The Morgan fingerprint density at radius 1 is 1.29 bits per heavy atom. The number of nitrogens with zero attached hydrogens (tertiary/aromatic N) is 7. The Labute approximate surface area is 239 Å². The van der Waals surface area contributed by atoms with E-state index in [0.717, 1.165) is 61.6 Å². The molecule has 1 aromatic carbocycles. The van der Waals surface area contributed by atoms with Crippen molar-refractivity contribution >= 4 is 29.4 Å². The summed E-state index contributed by atoms with van der Waals surface area (Å²) in [6.45, 7) is 8.29. The fraction of sp³-hybridized carbons (Fsp3) is 0.400. The second-order valence-corrected chi connectivity index (χ2v) is 10.8. The molecule has 0 aliphatic carbocycles. The van der Waals surface area contributed by atoms with Crippen LogP contribution >= 0.6 is 0 Å². The summed E-state index contributed by atoms with van der Waals surface area (Å²) >= 11 is 0. The molecule has 0 saturated carbocycles. The standard InChI is InChI=1S/C30H35FN10/c1-19(8-11-40-12-14-41(15-13-40)26-16-21(7-9-32)5-6-23(26)31)24-17-25-22(18-36-24)29(39-30(34)37-25)38-28(33)27-20(2)4-3-10-35-27/h3-6,10,16,18-19,24H,7-8,11-15,17H2,1-2H3,(H4,33,34,37,38,39)/p+1. The molecule has 41 heavy (non-hydrogen) atoms. The number of allylic oxidation sites excluding steroid dienone is 1. The minimum absolute atomic E-state index is 0.0715. The zero-order valence-electron chi connectivity index (χ0n) is 23.5. The number of aryl methyl sites for hydroxylation is 1. The van der Waals surface area contributed by atoms with Crippen LogP contribution in [0.4, 0.5) is 10.1 Å². The summed E-state index contributed by atoms with van der Waals surface area (Å²) < 4.78 is 14.5. The van der Waals surface area contributed by atoms with Crippen LogP contribution in [-0.4, -0.2) is 72.4 Å². The molecular weight excluding hydrogens is 519 g/mol. The maximum absolute atomic E-state index is 14.5. The number of fused-ring (bicyclic) bond motifs is 1. The van der Waals surface area contributed by atoms with Gasteiger partial charge < -0.3 is 10.6 Å². The molecule has 5 N–H and O–H groups in total. The van der Waals surface area contributed by atoms with Crippen LogP contribution in [0.2, 0.25) is 0 Å². The zero-order chi connectivity index (χ0) is 28.9. The summed E-state index contributed by atoms with van der Waals surface area (Å²) in [6.07, 6.45) is 5.42. The summed E-state index contributed by atoms with van der Waals surface area (Å²) in [5.74, 6) is 1.13. The van der Waals surface area contributed by atoms with Crippen molar-refractivity contribution in [3.63, 3.8) is 0 Å². The number of nitrogens with one attached hydrogen (secondary N) is 1. The van der Waals surface area contributed by atoms with E-state index in [1.807, 2.05) is 25.3 Å². The van der Waals surface area contributed by atoms with E-state index in [4.69, 9.17) is 21.4 Å². The van der Waals surface area contributed by atoms with Gasteiger partial charge in [0.15, 0.2) is 5.84 Å². The maximum atomic E-state index is 14.5. The third-order valence-electron chi connectivity index (χ3n) is 7.97. The van der Waals surface area contributed by atoms with Gasteiger partial charge in [0.2, 0.25) is 5.82 Å². The highest BCUT2D eigenvalue weighted by Gasteiger charge is 2.31.